The van der Waals surface area contributed by atoms with Gasteiger partial charge in [-0.05, 0) is 44.2 Å². The van der Waals surface area contributed by atoms with Gasteiger partial charge in [0, 0.05) is 60.7 Å². The number of fused-ring (bicyclic) bond motifs is 1. The number of rotatable bonds is 9. The minimum absolute atomic E-state index is 0.157. The number of ether oxygens (including phenoxy) is 1. The maximum Gasteiger partial charge on any atom is 0.308 e. The lowest BCUT2D eigenvalue weighted by Crippen LogP contribution is -2.45. The van der Waals surface area contributed by atoms with E-state index >= 15 is 0 Å². The first-order chi connectivity index (χ1) is 20.7. The molecule has 2 fully saturated rings. The van der Waals surface area contributed by atoms with Crippen molar-refractivity contribution in [1.29, 1.82) is 0 Å². The molecular weight excluding hydrogens is 579 g/mol. The number of hydrogen-bond acceptors (Lipinski definition) is 10. The van der Waals surface area contributed by atoms with E-state index in [1.54, 1.807) is 22.9 Å². The van der Waals surface area contributed by atoms with Crippen molar-refractivity contribution in [1.82, 2.24) is 29.0 Å². The number of nitrogens with zero attached hydrogens (tertiary/aromatic N) is 7. The summed E-state index contributed by atoms with van der Waals surface area (Å²) in [6.45, 7) is 3.95. The van der Waals surface area contributed by atoms with E-state index in [1.807, 2.05) is 0 Å². The van der Waals surface area contributed by atoms with Crippen molar-refractivity contribution in [2.75, 3.05) is 45.1 Å². The van der Waals surface area contributed by atoms with Gasteiger partial charge in [-0.15, -0.1) is 0 Å². The molecule has 3 N–H and O–H groups in total. The molecule has 1 saturated heterocycles. The molecule has 0 radical (unpaired) electrons. The quantitative estimate of drug-likeness (QED) is 0.244. The van der Waals surface area contributed by atoms with Crippen LogP contribution in [-0.2, 0) is 16.3 Å². The van der Waals surface area contributed by atoms with Gasteiger partial charge in [0.25, 0.3) is 0 Å². The van der Waals surface area contributed by atoms with Gasteiger partial charge >= 0.3 is 5.97 Å². The van der Waals surface area contributed by atoms with Gasteiger partial charge in [0.15, 0.2) is 23.7 Å². The van der Waals surface area contributed by atoms with Crippen LogP contribution in [0, 0.1) is 5.82 Å². The summed E-state index contributed by atoms with van der Waals surface area (Å²) in [4.78, 5) is 26.2. The van der Waals surface area contributed by atoms with E-state index in [0.29, 0.717) is 33.7 Å². The Bertz CT molecular complexity index is 1780. The Morgan fingerprint density at radius 3 is 2.77 bits per heavy atom. The number of likely N-dealkylation sites (N-methyl/N-ethyl adjacent to an activating group) is 1. The van der Waals surface area contributed by atoms with Gasteiger partial charge in [0.1, 0.15) is 11.6 Å². The Labute approximate surface area is 251 Å². The first kappa shape index (κ1) is 28.9. The maximum absolute atomic E-state index is 14.5. The van der Waals surface area contributed by atoms with E-state index < -0.39 is 11.8 Å². The van der Waals surface area contributed by atoms with Crippen molar-refractivity contribution in [2.45, 2.75) is 32.0 Å². The Hall–Kier alpha value is -4.20. The predicted octanol–water partition coefficient (Wildman–Crippen LogP) is 2.23. The number of hydrogen-bond donors (Lipinski definition) is 3. The lowest BCUT2D eigenvalue weighted by molar-refractivity contribution is -0.148. The fraction of sp³-hybridized carbons (Fsp3) is 0.379. The van der Waals surface area contributed by atoms with Crippen molar-refractivity contribution < 1.29 is 24.1 Å². The molecule has 14 heteroatoms. The van der Waals surface area contributed by atoms with E-state index in [2.05, 4.69) is 32.2 Å². The molecule has 12 nitrogen and oxygen atoms in total. The molecule has 0 amide bonds. The summed E-state index contributed by atoms with van der Waals surface area (Å²) in [5, 5.41) is 29.7. The third kappa shape index (κ3) is 6.74. The van der Waals surface area contributed by atoms with Crippen molar-refractivity contribution in [3.63, 3.8) is 0 Å². The topological polar surface area (TPSA) is 133 Å². The fourth-order valence-electron chi connectivity index (χ4n) is 4.82. The normalized spacial score (nSPS) is 17.2. The summed E-state index contributed by atoms with van der Waals surface area (Å²) >= 11 is 6.06. The molecular formula is C29H32ClFN8O4. The van der Waals surface area contributed by atoms with Crippen LogP contribution in [-0.4, -0.2) is 91.0 Å². The molecule has 4 heterocycles. The maximum atomic E-state index is 14.5. The molecule has 0 unspecified atom stereocenters. The number of aromatic nitrogens is 4. The molecule has 3 aromatic heterocycles. The van der Waals surface area contributed by atoms with E-state index in [1.165, 1.54) is 24.3 Å². The number of carbonyl (C=O) groups excluding carboxylic acids is 1. The Morgan fingerprint density at radius 1 is 1.21 bits per heavy atom. The van der Waals surface area contributed by atoms with Crippen LogP contribution in [0.4, 0.5) is 15.9 Å². The predicted molar refractivity (Wildman–Crippen MR) is 157 cm³/mol. The highest BCUT2D eigenvalue weighted by molar-refractivity contribution is 6.30. The Kier molecular flexibility index (Phi) is 8.19. The number of esters is 1. The SMILES string of the molecule is CN1CCN(CCC(=O)OCn2c(O)cc(C=c3cnn4c(=NC5CC5)cc(Nc5cc(Cl)ccc5F)nc34)c2O)CC1. The van der Waals surface area contributed by atoms with Crippen LogP contribution < -0.4 is 16.0 Å². The summed E-state index contributed by atoms with van der Waals surface area (Å²) in [6, 6.07) is 7.40. The monoisotopic (exact) mass is 610 g/mol. The smallest absolute Gasteiger partial charge is 0.308 e. The molecule has 0 atom stereocenters. The molecule has 2 aliphatic rings. The first-order valence-corrected chi connectivity index (χ1v) is 14.5. The van der Waals surface area contributed by atoms with Gasteiger partial charge in [0.05, 0.1) is 24.3 Å². The zero-order valence-electron chi connectivity index (χ0n) is 23.6. The van der Waals surface area contributed by atoms with E-state index in [-0.39, 0.29) is 42.2 Å². The highest BCUT2D eigenvalue weighted by atomic mass is 35.5. The molecule has 1 aliphatic carbocycles. The zero-order chi connectivity index (χ0) is 30.1. The summed E-state index contributed by atoms with van der Waals surface area (Å²) in [6.07, 6.45) is 5.31. The molecule has 1 aliphatic heterocycles. The zero-order valence-corrected chi connectivity index (χ0v) is 24.3. The molecule has 1 aromatic carbocycles. The van der Waals surface area contributed by atoms with Gasteiger partial charge in [-0.1, -0.05) is 11.6 Å². The van der Waals surface area contributed by atoms with Gasteiger partial charge in [-0.3, -0.25) is 9.79 Å². The Morgan fingerprint density at radius 2 is 2.00 bits per heavy atom. The van der Waals surface area contributed by atoms with E-state index in [0.717, 1.165) is 43.6 Å². The average molecular weight is 611 g/mol. The average Bonchev–Trinajstić information content (AvgIpc) is 3.65. The second-order valence-electron chi connectivity index (χ2n) is 10.8. The summed E-state index contributed by atoms with van der Waals surface area (Å²) < 4.78 is 22.5. The molecule has 43 heavy (non-hydrogen) atoms. The second-order valence-corrected chi connectivity index (χ2v) is 11.3. The van der Waals surface area contributed by atoms with Crippen molar-refractivity contribution >= 4 is 40.8 Å². The van der Waals surface area contributed by atoms with Crippen LogP contribution >= 0.6 is 11.6 Å². The molecule has 226 valence electrons. The van der Waals surface area contributed by atoms with Gasteiger partial charge in [-0.2, -0.15) is 9.61 Å². The van der Waals surface area contributed by atoms with Crippen LogP contribution in [0.1, 0.15) is 24.8 Å². The van der Waals surface area contributed by atoms with Crippen LogP contribution in [0.5, 0.6) is 11.8 Å². The van der Waals surface area contributed by atoms with Gasteiger partial charge < -0.3 is 30.1 Å². The number of benzene rings is 1. The minimum atomic E-state index is -0.492. The number of carbonyl (C=O) groups is 1. The lowest BCUT2D eigenvalue weighted by atomic mass is 10.2. The third-order valence-electron chi connectivity index (χ3n) is 7.50. The molecule has 0 bridgehead atoms. The standard InChI is InChI=1S/C29H32ClFN8O4/c1-36-8-10-37(11-9-36)7-6-27(41)43-17-38-26(40)13-18(29(38)42)12-19-16-32-39-25(33-21-3-4-21)15-24(35-28(19)39)34-23-14-20(30)2-5-22(23)31/h2,5,12-16,21,34,40,42H,3-4,6-11,17H2,1H3. The summed E-state index contributed by atoms with van der Waals surface area (Å²) in [5.74, 6) is -1.15. The fourth-order valence-corrected chi connectivity index (χ4v) is 4.99. The number of halogens is 2. The van der Waals surface area contributed by atoms with Crippen LogP contribution in [0.2, 0.25) is 5.02 Å². The molecule has 6 rings (SSSR count). The van der Waals surface area contributed by atoms with Crippen molar-refractivity contribution in [2.24, 2.45) is 4.99 Å². The first-order valence-electron chi connectivity index (χ1n) is 14.1. The number of aromatic hydroxyl groups is 2. The summed E-state index contributed by atoms with van der Waals surface area (Å²) in [7, 11) is 2.07. The van der Waals surface area contributed by atoms with Crippen LogP contribution in [0.25, 0.3) is 11.7 Å². The van der Waals surface area contributed by atoms with Crippen molar-refractivity contribution in [3.05, 3.63) is 63.6 Å². The largest absolute Gasteiger partial charge is 0.494 e. The molecule has 0 spiro atoms. The van der Waals surface area contributed by atoms with Gasteiger partial charge in [0.2, 0.25) is 5.88 Å². The number of nitrogens with one attached hydrogen (secondary N) is 1. The Balaban J connectivity index is 1.24. The second kappa shape index (κ2) is 12.2. The number of anilines is 2. The molecule has 4 aromatic rings. The van der Waals surface area contributed by atoms with Crippen molar-refractivity contribution in [3.8, 4) is 11.8 Å². The minimum Gasteiger partial charge on any atom is -0.494 e. The van der Waals surface area contributed by atoms with E-state index in [4.69, 9.17) is 21.3 Å². The highest BCUT2D eigenvalue weighted by Gasteiger charge is 2.21. The number of piperazine rings is 1. The van der Waals surface area contributed by atoms with Gasteiger partial charge in [-0.25, -0.2) is 13.9 Å². The highest BCUT2D eigenvalue weighted by Crippen LogP contribution is 2.28. The van der Waals surface area contributed by atoms with Crippen LogP contribution in [0.3, 0.4) is 0 Å². The lowest BCUT2D eigenvalue weighted by Gasteiger charge is -2.31. The molecule has 1 saturated carbocycles. The third-order valence-corrected chi connectivity index (χ3v) is 7.74. The van der Waals surface area contributed by atoms with Crippen LogP contribution in [0.15, 0.2) is 41.5 Å². The van der Waals surface area contributed by atoms with E-state index in [9.17, 15) is 19.4 Å². The summed E-state index contributed by atoms with van der Waals surface area (Å²) in [5.41, 5.74) is 1.35.